The third-order valence-corrected chi connectivity index (χ3v) is 4.14. The summed E-state index contributed by atoms with van der Waals surface area (Å²) in [7, 11) is 0. The largest absolute Gasteiger partial charge is 0.396 e. The van der Waals surface area contributed by atoms with Crippen molar-refractivity contribution in [2.75, 3.05) is 13.2 Å². The van der Waals surface area contributed by atoms with E-state index in [0.717, 1.165) is 25.7 Å². The molecule has 0 aromatic carbocycles. The van der Waals surface area contributed by atoms with Crippen molar-refractivity contribution in [1.29, 1.82) is 0 Å². The number of aliphatic hydroxyl groups is 1. The Morgan fingerprint density at radius 1 is 1.24 bits per heavy atom. The molecule has 2 aliphatic rings. The number of likely N-dealkylation sites (tertiary alicyclic amines) is 1. The van der Waals surface area contributed by atoms with Gasteiger partial charge in [-0.25, -0.2) is 0 Å². The Morgan fingerprint density at radius 3 is 2.24 bits per heavy atom. The molecule has 0 bridgehead atoms. The highest BCUT2D eigenvalue weighted by molar-refractivity contribution is 5.97. The number of imide groups is 1. The Kier molecular flexibility index (Phi) is 3.52. The maximum Gasteiger partial charge on any atom is 0.229 e. The van der Waals surface area contributed by atoms with Gasteiger partial charge in [-0.3, -0.25) is 14.5 Å². The topological polar surface area (TPSA) is 57.6 Å². The molecule has 4 heteroatoms. The van der Waals surface area contributed by atoms with Crippen molar-refractivity contribution in [2.45, 2.75) is 45.4 Å². The van der Waals surface area contributed by atoms with Crippen LogP contribution in [0.25, 0.3) is 0 Å². The van der Waals surface area contributed by atoms with Gasteiger partial charge in [0.2, 0.25) is 11.8 Å². The lowest BCUT2D eigenvalue weighted by molar-refractivity contribution is -0.152. The monoisotopic (exact) mass is 239 g/mol. The Labute approximate surface area is 102 Å². The van der Waals surface area contributed by atoms with E-state index in [1.165, 1.54) is 4.90 Å². The van der Waals surface area contributed by atoms with Gasteiger partial charge in [0.25, 0.3) is 0 Å². The molecule has 1 N–H and O–H groups in total. The first-order chi connectivity index (χ1) is 8.06. The van der Waals surface area contributed by atoms with Gasteiger partial charge in [0.15, 0.2) is 0 Å². The molecule has 0 aromatic heterocycles. The second-order valence-corrected chi connectivity index (χ2v) is 5.75. The van der Waals surface area contributed by atoms with E-state index < -0.39 is 0 Å². The molecule has 2 fully saturated rings. The molecule has 1 aliphatic heterocycles. The van der Waals surface area contributed by atoms with Gasteiger partial charge < -0.3 is 5.11 Å². The number of amides is 2. The lowest BCUT2D eigenvalue weighted by Crippen LogP contribution is -2.48. The van der Waals surface area contributed by atoms with Crippen LogP contribution in [-0.2, 0) is 9.59 Å². The molecule has 4 nitrogen and oxygen atoms in total. The lowest BCUT2D eigenvalue weighted by Gasteiger charge is -2.36. The molecule has 1 saturated heterocycles. The third-order valence-electron chi connectivity index (χ3n) is 4.14. The third kappa shape index (κ3) is 2.51. The summed E-state index contributed by atoms with van der Waals surface area (Å²) in [5.41, 5.74) is -0.216. The van der Waals surface area contributed by atoms with Gasteiger partial charge in [-0.15, -0.1) is 0 Å². The highest BCUT2D eigenvalue weighted by Gasteiger charge is 2.40. The van der Waals surface area contributed by atoms with Crippen molar-refractivity contribution in [3.8, 4) is 0 Å². The van der Waals surface area contributed by atoms with Gasteiger partial charge in [0.05, 0.1) is 6.61 Å². The standard InChI is InChI=1S/C13H21NO3/c1-10-6-11(16)14(12(17)7-10)8-13(9-15)4-2-3-5-13/h10,15H,2-9H2,1H3. The van der Waals surface area contributed by atoms with Gasteiger partial charge >= 0.3 is 0 Å². The van der Waals surface area contributed by atoms with Gasteiger partial charge in [-0.05, 0) is 18.8 Å². The minimum Gasteiger partial charge on any atom is -0.396 e. The number of piperidine rings is 1. The molecule has 96 valence electrons. The van der Waals surface area contributed by atoms with Crippen molar-refractivity contribution < 1.29 is 14.7 Å². The van der Waals surface area contributed by atoms with Crippen LogP contribution in [-0.4, -0.2) is 35.0 Å². The zero-order valence-corrected chi connectivity index (χ0v) is 10.4. The summed E-state index contributed by atoms with van der Waals surface area (Å²) in [6.45, 7) is 2.44. The first kappa shape index (κ1) is 12.6. The van der Waals surface area contributed by atoms with Crippen LogP contribution in [0.15, 0.2) is 0 Å². The molecule has 2 rings (SSSR count). The first-order valence-electron chi connectivity index (χ1n) is 6.50. The molecule has 0 radical (unpaired) electrons. The summed E-state index contributed by atoms with van der Waals surface area (Å²) >= 11 is 0. The molecule has 1 aliphatic carbocycles. The molecule has 17 heavy (non-hydrogen) atoms. The molecule has 1 saturated carbocycles. The van der Waals surface area contributed by atoms with Gasteiger partial charge in [-0.2, -0.15) is 0 Å². The zero-order chi connectivity index (χ0) is 12.5. The number of carbonyl (C=O) groups excluding carboxylic acids is 2. The van der Waals surface area contributed by atoms with Crippen LogP contribution in [0.5, 0.6) is 0 Å². The first-order valence-corrected chi connectivity index (χ1v) is 6.50. The number of hydrogen-bond donors (Lipinski definition) is 1. The lowest BCUT2D eigenvalue weighted by atomic mass is 9.85. The number of nitrogens with zero attached hydrogens (tertiary/aromatic N) is 1. The van der Waals surface area contributed by atoms with Crippen molar-refractivity contribution in [3.05, 3.63) is 0 Å². The van der Waals surface area contributed by atoms with E-state index >= 15 is 0 Å². The average Bonchev–Trinajstić information content (AvgIpc) is 2.73. The summed E-state index contributed by atoms with van der Waals surface area (Å²) in [5, 5.41) is 9.52. The van der Waals surface area contributed by atoms with Crippen LogP contribution in [0.2, 0.25) is 0 Å². The van der Waals surface area contributed by atoms with Crippen LogP contribution in [0.3, 0.4) is 0 Å². The predicted molar refractivity (Wildman–Crippen MR) is 63.1 cm³/mol. The van der Waals surface area contributed by atoms with Crippen molar-refractivity contribution >= 4 is 11.8 Å². The van der Waals surface area contributed by atoms with E-state index in [4.69, 9.17) is 0 Å². The number of carbonyl (C=O) groups is 2. The number of aliphatic hydroxyl groups excluding tert-OH is 1. The predicted octanol–water partition coefficient (Wildman–Crippen LogP) is 1.32. The smallest absolute Gasteiger partial charge is 0.229 e. The molecular formula is C13H21NO3. The van der Waals surface area contributed by atoms with E-state index in [2.05, 4.69) is 0 Å². The minimum atomic E-state index is -0.216. The summed E-state index contributed by atoms with van der Waals surface area (Å²) in [6.07, 6.45) is 4.97. The summed E-state index contributed by atoms with van der Waals surface area (Å²) in [6, 6.07) is 0. The van der Waals surface area contributed by atoms with Gasteiger partial charge in [0.1, 0.15) is 0 Å². The molecule has 0 aromatic rings. The SMILES string of the molecule is CC1CC(=O)N(CC2(CO)CCCC2)C(=O)C1. The van der Waals surface area contributed by atoms with Crippen molar-refractivity contribution in [1.82, 2.24) is 4.90 Å². The fraction of sp³-hybridized carbons (Fsp3) is 0.846. The van der Waals surface area contributed by atoms with Gasteiger partial charge in [-0.1, -0.05) is 19.8 Å². The summed E-state index contributed by atoms with van der Waals surface area (Å²) < 4.78 is 0. The molecule has 1 heterocycles. The van der Waals surface area contributed by atoms with E-state index in [0.29, 0.717) is 19.4 Å². The van der Waals surface area contributed by atoms with Crippen LogP contribution in [0.4, 0.5) is 0 Å². The Bertz CT molecular complexity index is 303. The average molecular weight is 239 g/mol. The Hall–Kier alpha value is -0.900. The Morgan fingerprint density at radius 2 is 1.76 bits per heavy atom. The fourth-order valence-corrected chi connectivity index (χ4v) is 3.03. The normalized spacial score (nSPS) is 25.6. The molecule has 0 unspecified atom stereocenters. The van der Waals surface area contributed by atoms with Crippen molar-refractivity contribution in [3.63, 3.8) is 0 Å². The number of hydrogen-bond acceptors (Lipinski definition) is 3. The summed E-state index contributed by atoms with van der Waals surface area (Å²) in [5.74, 6) is 0.0434. The van der Waals surface area contributed by atoms with Crippen LogP contribution < -0.4 is 0 Å². The highest BCUT2D eigenvalue weighted by atomic mass is 16.3. The Balaban J connectivity index is 2.06. The molecule has 0 spiro atoms. The maximum absolute atomic E-state index is 11.9. The fourth-order valence-electron chi connectivity index (χ4n) is 3.03. The van der Waals surface area contributed by atoms with Crippen LogP contribution >= 0.6 is 0 Å². The zero-order valence-electron chi connectivity index (χ0n) is 10.4. The molecular weight excluding hydrogens is 218 g/mol. The second kappa shape index (κ2) is 4.77. The molecule has 2 amide bonds. The van der Waals surface area contributed by atoms with Crippen molar-refractivity contribution in [2.24, 2.45) is 11.3 Å². The van der Waals surface area contributed by atoms with E-state index in [-0.39, 0.29) is 29.8 Å². The highest BCUT2D eigenvalue weighted by Crippen LogP contribution is 2.39. The van der Waals surface area contributed by atoms with E-state index in [1.807, 2.05) is 6.92 Å². The summed E-state index contributed by atoms with van der Waals surface area (Å²) in [4.78, 5) is 25.2. The van der Waals surface area contributed by atoms with E-state index in [9.17, 15) is 14.7 Å². The van der Waals surface area contributed by atoms with Crippen LogP contribution in [0, 0.1) is 11.3 Å². The minimum absolute atomic E-state index is 0.0616. The molecule has 0 atom stereocenters. The van der Waals surface area contributed by atoms with Crippen LogP contribution in [0.1, 0.15) is 45.4 Å². The second-order valence-electron chi connectivity index (χ2n) is 5.75. The van der Waals surface area contributed by atoms with E-state index in [1.54, 1.807) is 0 Å². The maximum atomic E-state index is 11.9. The number of rotatable bonds is 3. The van der Waals surface area contributed by atoms with Gasteiger partial charge in [0, 0.05) is 24.8 Å². The quantitative estimate of drug-likeness (QED) is 0.756.